The fourth-order valence-electron chi connectivity index (χ4n) is 3.11. The number of amides is 2. The van der Waals surface area contributed by atoms with Gasteiger partial charge in [0.1, 0.15) is 5.69 Å². The van der Waals surface area contributed by atoms with Crippen molar-refractivity contribution in [2.75, 3.05) is 16.8 Å². The van der Waals surface area contributed by atoms with E-state index >= 15 is 0 Å². The molecule has 27 heavy (non-hydrogen) atoms. The van der Waals surface area contributed by atoms with Crippen molar-refractivity contribution < 1.29 is 9.59 Å². The highest BCUT2D eigenvalue weighted by Crippen LogP contribution is 2.29. The van der Waals surface area contributed by atoms with E-state index in [4.69, 9.17) is 11.6 Å². The molecule has 1 unspecified atom stereocenters. The third-order valence-corrected chi connectivity index (χ3v) is 4.66. The number of rotatable bonds is 3. The van der Waals surface area contributed by atoms with Gasteiger partial charge >= 0.3 is 0 Å². The number of nitrogens with one attached hydrogen (secondary N) is 1. The Morgan fingerprint density at radius 3 is 2.70 bits per heavy atom. The van der Waals surface area contributed by atoms with Crippen LogP contribution >= 0.6 is 11.6 Å². The predicted molar refractivity (Wildman–Crippen MR) is 102 cm³/mol. The number of pyridine rings is 1. The lowest BCUT2D eigenvalue weighted by Crippen LogP contribution is -2.43. The minimum Gasteiger partial charge on any atom is -0.320 e. The summed E-state index contributed by atoms with van der Waals surface area (Å²) in [5.74, 6) is -0.674. The summed E-state index contributed by atoms with van der Waals surface area (Å²) < 4.78 is 1.60. The standard InChI is InChI=1S/C19H16ClN5O2/c1-12-11-24(15-6-4-13(20)5-7-15)19(27)17-16(10-22-25(12)17)18(26)23-14-3-2-8-21-9-14/h2-10,12H,11H2,1H3,(H,23,26). The number of nitrogens with zero attached hydrogens (tertiary/aromatic N) is 4. The molecule has 1 aliphatic heterocycles. The summed E-state index contributed by atoms with van der Waals surface area (Å²) in [4.78, 5) is 31.4. The van der Waals surface area contributed by atoms with E-state index in [1.54, 1.807) is 58.4 Å². The van der Waals surface area contributed by atoms with Crippen LogP contribution in [-0.2, 0) is 0 Å². The first-order valence-electron chi connectivity index (χ1n) is 8.41. The SMILES string of the molecule is CC1CN(c2ccc(Cl)cc2)C(=O)c2c(C(=O)Nc3cccnc3)cnn21. The molecule has 3 aromatic rings. The van der Waals surface area contributed by atoms with Gasteiger partial charge in [0.2, 0.25) is 0 Å². The molecule has 0 saturated heterocycles. The van der Waals surface area contributed by atoms with Crippen molar-refractivity contribution in [3.05, 3.63) is 71.3 Å². The summed E-state index contributed by atoms with van der Waals surface area (Å²) >= 11 is 5.95. The average Bonchev–Trinajstić information content (AvgIpc) is 3.12. The molecule has 0 radical (unpaired) electrons. The lowest BCUT2D eigenvalue weighted by atomic mass is 10.1. The normalized spacial score (nSPS) is 16.1. The first-order chi connectivity index (χ1) is 13.0. The van der Waals surface area contributed by atoms with Crippen LogP contribution in [0.2, 0.25) is 5.02 Å². The van der Waals surface area contributed by atoms with E-state index in [9.17, 15) is 9.59 Å². The van der Waals surface area contributed by atoms with Gasteiger partial charge in [-0.1, -0.05) is 11.6 Å². The van der Waals surface area contributed by atoms with Crippen molar-refractivity contribution in [3.63, 3.8) is 0 Å². The maximum atomic E-state index is 13.1. The molecular formula is C19H16ClN5O2. The fraction of sp³-hybridized carbons (Fsp3) is 0.158. The van der Waals surface area contributed by atoms with E-state index in [-0.39, 0.29) is 23.2 Å². The van der Waals surface area contributed by atoms with Crippen LogP contribution in [0.15, 0.2) is 55.0 Å². The largest absolute Gasteiger partial charge is 0.320 e. The fourth-order valence-corrected chi connectivity index (χ4v) is 3.23. The third kappa shape index (κ3) is 3.17. The number of fused-ring (bicyclic) bond motifs is 1. The molecular weight excluding hydrogens is 366 g/mol. The first kappa shape index (κ1) is 17.2. The summed E-state index contributed by atoms with van der Waals surface area (Å²) in [6.07, 6.45) is 4.59. The highest BCUT2D eigenvalue weighted by Gasteiger charge is 2.35. The first-order valence-corrected chi connectivity index (χ1v) is 8.78. The number of hydrogen-bond donors (Lipinski definition) is 1. The zero-order chi connectivity index (χ0) is 19.0. The van der Waals surface area contributed by atoms with Crippen molar-refractivity contribution in [1.82, 2.24) is 14.8 Å². The lowest BCUT2D eigenvalue weighted by Gasteiger charge is -2.32. The second kappa shape index (κ2) is 6.85. The Balaban J connectivity index is 1.68. The molecule has 2 amide bonds. The van der Waals surface area contributed by atoms with Crippen LogP contribution < -0.4 is 10.2 Å². The molecule has 0 saturated carbocycles. The van der Waals surface area contributed by atoms with Crippen LogP contribution in [0.25, 0.3) is 0 Å². The molecule has 1 N–H and O–H groups in total. The van der Waals surface area contributed by atoms with E-state index in [0.29, 0.717) is 17.3 Å². The molecule has 3 heterocycles. The van der Waals surface area contributed by atoms with Gasteiger partial charge in [0, 0.05) is 23.5 Å². The van der Waals surface area contributed by atoms with E-state index < -0.39 is 5.91 Å². The summed E-state index contributed by atoms with van der Waals surface area (Å²) in [5, 5.41) is 7.61. The van der Waals surface area contributed by atoms with Crippen molar-refractivity contribution in [1.29, 1.82) is 0 Å². The molecule has 0 spiro atoms. The van der Waals surface area contributed by atoms with Gasteiger partial charge in [-0.15, -0.1) is 0 Å². The van der Waals surface area contributed by atoms with Gasteiger partial charge in [-0.2, -0.15) is 5.10 Å². The highest BCUT2D eigenvalue weighted by molar-refractivity contribution is 6.30. The molecule has 0 aliphatic carbocycles. The van der Waals surface area contributed by atoms with E-state index in [0.717, 1.165) is 5.69 Å². The molecule has 1 aromatic carbocycles. The second-order valence-electron chi connectivity index (χ2n) is 6.29. The maximum absolute atomic E-state index is 13.1. The topological polar surface area (TPSA) is 80.1 Å². The van der Waals surface area contributed by atoms with Crippen molar-refractivity contribution >= 4 is 34.8 Å². The molecule has 7 nitrogen and oxygen atoms in total. The van der Waals surface area contributed by atoms with Crippen LogP contribution in [-0.4, -0.2) is 33.1 Å². The molecule has 0 fully saturated rings. The highest BCUT2D eigenvalue weighted by atomic mass is 35.5. The number of benzene rings is 1. The summed E-state index contributed by atoms with van der Waals surface area (Å²) in [6.45, 7) is 2.41. The Kier molecular flexibility index (Phi) is 4.37. The smallest absolute Gasteiger partial charge is 0.277 e. The second-order valence-corrected chi connectivity index (χ2v) is 6.72. The Labute approximate surface area is 160 Å². The van der Waals surface area contributed by atoms with Crippen LogP contribution in [0.5, 0.6) is 0 Å². The Hall–Kier alpha value is -3.19. The van der Waals surface area contributed by atoms with Crippen LogP contribution in [0.1, 0.15) is 33.8 Å². The van der Waals surface area contributed by atoms with Crippen LogP contribution in [0, 0.1) is 0 Å². The molecule has 136 valence electrons. The minimum atomic E-state index is -0.400. The summed E-state index contributed by atoms with van der Waals surface area (Å²) in [6, 6.07) is 10.4. The van der Waals surface area contributed by atoms with Crippen molar-refractivity contribution in [2.45, 2.75) is 13.0 Å². The van der Waals surface area contributed by atoms with Gasteiger partial charge in [-0.25, -0.2) is 0 Å². The van der Waals surface area contributed by atoms with Gasteiger partial charge in [0.05, 0.1) is 29.7 Å². The number of hydrogen-bond acceptors (Lipinski definition) is 4. The number of carbonyl (C=O) groups is 2. The molecule has 2 aromatic heterocycles. The Bertz CT molecular complexity index is 1000. The van der Waals surface area contributed by atoms with Gasteiger partial charge in [0.25, 0.3) is 11.8 Å². The van der Waals surface area contributed by atoms with Crippen LogP contribution in [0.4, 0.5) is 11.4 Å². The Morgan fingerprint density at radius 1 is 1.22 bits per heavy atom. The number of aromatic nitrogens is 3. The van der Waals surface area contributed by atoms with E-state index in [2.05, 4.69) is 15.4 Å². The quantitative estimate of drug-likeness (QED) is 0.754. The zero-order valence-corrected chi connectivity index (χ0v) is 15.2. The summed E-state index contributed by atoms with van der Waals surface area (Å²) in [7, 11) is 0. The number of halogens is 1. The molecule has 8 heteroatoms. The predicted octanol–water partition coefficient (Wildman–Crippen LogP) is 3.41. The molecule has 0 bridgehead atoms. The minimum absolute atomic E-state index is 0.0756. The average molecular weight is 382 g/mol. The molecule has 1 atom stereocenters. The van der Waals surface area contributed by atoms with Crippen LogP contribution in [0.3, 0.4) is 0 Å². The maximum Gasteiger partial charge on any atom is 0.277 e. The van der Waals surface area contributed by atoms with Crippen molar-refractivity contribution in [2.24, 2.45) is 0 Å². The van der Waals surface area contributed by atoms with Gasteiger partial charge < -0.3 is 10.2 Å². The van der Waals surface area contributed by atoms with Gasteiger partial charge in [0.15, 0.2) is 0 Å². The lowest BCUT2D eigenvalue weighted by molar-refractivity contribution is 0.0939. The monoisotopic (exact) mass is 381 g/mol. The summed E-state index contributed by atoms with van der Waals surface area (Å²) in [5.41, 5.74) is 1.77. The molecule has 4 rings (SSSR count). The van der Waals surface area contributed by atoms with Crippen molar-refractivity contribution in [3.8, 4) is 0 Å². The Morgan fingerprint density at radius 2 is 2.00 bits per heavy atom. The van der Waals surface area contributed by atoms with Gasteiger partial charge in [-0.05, 0) is 43.3 Å². The van der Waals surface area contributed by atoms with E-state index in [1.807, 2.05) is 6.92 Å². The number of carbonyl (C=O) groups excluding carboxylic acids is 2. The van der Waals surface area contributed by atoms with E-state index in [1.165, 1.54) is 6.20 Å². The molecule has 1 aliphatic rings. The third-order valence-electron chi connectivity index (χ3n) is 4.41. The zero-order valence-electron chi connectivity index (χ0n) is 14.5. The van der Waals surface area contributed by atoms with Gasteiger partial charge in [-0.3, -0.25) is 19.3 Å². The number of anilines is 2.